The van der Waals surface area contributed by atoms with Gasteiger partial charge in [0.15, 0.2) is 0 Å². The van der Waals surface area contributed by atoms with Crippen molar-refractivity contribution in [3.05, 3.63) is 35.9 Å². The Morgan fingerprint density at radius 3 is 2.50 bits per heavy atom. The highest BCUT2D eigenvalue weighted by molar-refractivity contribution is 6.06. The highest BCUT2D eigenvalue weighted by Crippen LogP contribution is 2.21. The molecule has 0 saturated carbocycles. The first-order valence-corrected chi connectivity index (χ1v) is 5.21. The minimum absolute atomic E-state index is 0.0275. The van der Waals surface area contributed by atoms with Crippen LogP contribution in [-0.2, 0) is 4.79 Å². The highest BCUT2D eigenvalue weighted by Gasteiger charge is 2.39. The Bertz CT molecular complexity index is 416. The molecule has 1 aromatic carbocycles. The third kappa shape index (κ3) is 1.72. The molecule has 84 valence electrons. The van der Waals surface area contributed by atoms with Crippen LogP contribution >= 0.6 is 0 Å². The average molecular weight is 219 g/mol. The zero-order valence-electron chi connectivity index (χ0n) is 8.96. The van der Waals surface area contributed by atoms with E-state index in [1.165, 1.54) is 0 Å². The fraction of sp³-hybridized carbons (Fsp3) is 0.333. The Labute approximate surface area is 93.5 Å². The maximum absolute atomic E-state index is 12.0. The van der Waals surface area contributed by atoms with E-state index >= 15 is 0 Å². The van der Waals surface area contributed by atoms with Gasteiger partial charge in [-0.3, -0.25) is 14.5 Å². The van der Waals surface area contributed by atoms with Crippen LogP contribution in [0.3, 0.4) is 0 Å². The molecule has 1 aliphatic heterocycles. The third-order valence-electron chi connectivity index (χ3n) is 2.86. The summed E-state index contributed by atoms with van der Waals surface area (Å²) in [5, 5.41) is 9.52. The fourth-order valence-electron chi connectivity index (χ4n) is 1.87. The Morgan fingerprint density at radius 2 is 2.00 bits per heavy atom. The van der Waals surface area contributed by atoms with E-state index in [1.807, 2.05) is 0 Å². The van der Waals surface area contributed by atoms with E-state index in [0.717, 1.165) is 4.90 Å². The van der Waals surface area contributed by atoms with Gasteiger partial charge in [0, 0.05) is 5.56 Å². The van der Waals surface area contributed by atoms with Gasteiger partial charge in [-0.15, -0.1) is 0 Å². The second kappa shape index (κ2) is 4.06. The standard InChI is InChI=1S/C12H13NO3/c1-8-10(14)7-11(15)13(8)12(16)9-5-3-2-4-6-9/h2-6,8,10,14H,7H2,1H3. The number of rotatable bonds is 1. The van der Waals surface area contributed by atoms with Crippen molar-refractivity contribution in [1.82, 2.24) is 4.90 Å². The topological polar surface area (TPSA) is 57.6 Å². The van der Waals surface area contributed by atoms with Gasteiger partial charge in [0.1, 0.15) is 0 Å². The SMILES string of the molecule is CC1C(O)CC(=O)N1C(=O)c1ccccc1. The molecule has 1 fully saturated rings. The van der Waals surface area contributed by atoms with Gasteiger partial charge in [-0.1, -0.05) is 18.2 Å². The zero-order valence-corrected chi connectivity index (χ0v) is 8.96. The molecule has 0 spiro atoms. The Kier molecular flexibility index (Phi) is 2.75. The molecule has 2 unspecified atom stereocenters. The van der Waals surface area contributed by atoms with E-state index < -0.39 is 12.1 Å². The number of amides is 2. The molecule has 1 aromatic rings. The molecule has 1 aliphatic rings. The van der Waals surface area contributed by atoms with E-state index in [9.17, 15) is 14.7 Å². The summed E-state index contributed by atoms with van der Waals surface area (Å²) in [6.07, 6.45) is -0.722. The summed E-state index contributed by atoms with van der Waals surface area (Å²) < 4.78 is 0. The molecule has 4 nitrogen and oxygen atoms in total. The third-order valence-corrected chi connectivity index (χ3v) is 2.86. The van der Waals surface area contributed by atoms with Gasteiger partial charge in [0.25, 0.3) is 5.91 Å². The van der Waals surface area contributed by atoms with Crippen LogP contribution in [0.15, 0.2) is 30.3 Å². The number of carbonyl (C=O) groups is 2. The van der Waals surface area contributed by atoms with Crippen LogP contribution < -0.4 is 0 Å². The minimum atomic E-state index is -0.750. The summed E-state index contributed by atoms with van der Waals surface area (Å²) in [4.78, 5) is 24.7. The minimum Gasteiger partial charge on any atom is -0.390 e. The summed E-state index contributed by atoms with van der Waals surface area (Å²) in [5.41, 5.74) is 0.469. The predicted octanol–water partition coefficient (Wildman–Crippen LogP) is 0.808. The Balaban J connectivity index is 2.26. The van der Waals surface area contributed by atoms with Gasteiger partial charge in [0.05, 0.1) is 18.6 Å². The largest absolute Gasteiger partial charge is 0.390 e. The molecule has 2 amide bonds. The summed E-state index contributed by atoms with van der Waals surface area (Å²) >= 11 is 0. The van der Waals surface area contributed by atoms with Crippen molar-refractivity contribution in [3.63, 3.8) is 0 Å². The van der Waals surface area contributed by atoms with Gasteiger partial charge in [-0.05, 0) is 19.1 Å². The van der Waals surface area contributed by atoms with Crippen LogP contribution in [0.25, 0.3) is 0 Å². The van der Waals surface area contributed by atoms with Crippen LogP contribution in [0.1, 0.15) is 23.7 Å². The molecule has 2 atom stereocenters. The molecule has 1 saturated heterocycles. The number of imide groups is 1. The van der Waals surface area contributed by atoms with Crippen LogP contribution in [0, 0.1) is 0 Å². The lowest BCUT2D eigenvalue weighted by Gasteiger charge is -2.20. The molecule has 0 aromatic heterocycles. The van der Waals surface area contributed by atoms with Crippen molar-refractivity contribution in [1.29, 1.82) is 0 Å². The van der Waals surface area contributed by atoms with Crippen LogP contribution in [0.5, 0.6) is 0 Å². The predicted molar refractivity (Wildman–Crippen MR) is 57.7 cm³/mol. The summed E-state index contributed by atoms with van der Waals surface area (Å²) in [6, 6.07) is 8.17. The van der Waals surface area contributed by atoms with Crippen LogP contribution in [0.2, 0.25) is 0 Å². The number of benzene rings is 1. The number of nitrogens with zero attached hydrogens (tertiary/aromatic N) is 1. The van der Waals surface area contributed by atoms with Crippen molar-refractivity contribution in [2.24, 2.45) is 0 Å². The van der Waals surface area contributed by atoms with Crippen molar-refractivity contribution in [2.45, 2.75) is 25.5 Å². The summed E-state index contributed by atoms with van der Waals surface area (Å²) in [5.74, 6) is -0.650. The Morgan fingerprint density at radius 1 is 1.38 bits per heavy atom. The highest BCUT2D eigenvalue weighted by atomic mass is 16.3. The van der Waals surface area contributed by atoms with Crippen LogP contribution in [0.4, 0.5) is 0 Å². The smallest absolute Gasteiger partial charge is 0.260 e. The van der Waals surface area contributed by atoms with Crippen molar-refractivity contribution in [3.8, 4) is 0 Å². The zero-order chi connectivity index (χ0) is 11.7. The normalized spacial score (nSPS) is 24.9. The van der Waals surface area contributed by atoms with Crippen LogP contribution in [-0.4, -0.2) is 34.0 Å². The lowest BCUT2D eigenvalue weighted by molar-refractivity contribution is -0.126. The first-order valence-electron chi connectivity index (χ1n) is 5.21. The first-order chi connectivity index (χ1) is 7.61. The number of likely N-dealkylation sites (tertiary alicyclic amines) is 1. The van der Waals surface area contributed by atoms with Gasteiger partial charge >= 0.3 is 0 Å². The van der Waals surface area contributed by atoms with Gasteiger partial charge in [-0.2, -0.15) is 0 Å². The number of hydrogen-bond donors (Lipinski definition) is 1. The average Bonchev–Trinajstić information content (AvgIpc) is 2.54. The molecule has 1 N–H and O–H groups in total. The van der Waals surface area contributed by atoms with Gasteiger partial charge in [-0.25, -0.2) is 0 Å². The maximum Gasteiger partial charge on any atom is 0.260 e. The van der Waals surface area contributed by atoms with E-state index in [1.54, 1.807) is 37.3 Å². The maximum atomic E-state index is 12.0. The molecule has 1 heterocycles. The molecule has 16 heavy (non-hydrogen) atoms. The number of hydrogen-bond acceptors (Lipinski definition) is 3. The number of aliphatic hydroxyl groups excluding tert-OH is 1. The van der Waals surface area contributed by atoms with Gasteiger partial charge in [0.2, 0.25) is 5.91 Å². The van der Waals surface area contributed by atoms with E-state index in [2.05, 4.69) is 0 Å². The lowest BCUT2D eigenvalue weighted by atomic mass is 10.1. The summed E-state index contributed by atoms with van der Waals surface area (Å²) in [6.45, 7) is 1.68. The van der Waals surface area contributed by atoms with Crippen molar-refractivity contribution >= 4 is 11.8 Å². The van der Waals surface area contributed by atoms with E-state index in [0.29, 0.717) is 5.56 Å². The Hall–Kier alpha value is -1.68. The number of aliphatic hydroxyl groups is 1. The fourth-order valence-corrected chi connectivity index (χ4v) is 1.87. The van der Waals surface area contributed by atoms with E-state index in [-0.39, 0.29) is 18.2 Å². The molecule has 0 aliphatic carbocycles. The molecular formula is C12H13NO3. The van der Waals surface area contributed by atoms with Gasteiger partial charge < -0.3 is 5.11 Å². The molecular weight excluding hydrogens is 206 g/mol. The second-order valence-corrected chi connectivity index (χ2v) is 3.95. The lowest BCUT2D eigenvalue weighted by Crippen LogP contribution is -2.39. The first kappa shape index (κ1) is 10.8. The van der Waals surface area contributed by atoms with Crippen molar-refractivity contribution in [2.75, 3.05) is 0 Å². The quantitative estimate of drug-likeness (QED) is 0.711. The monoisotopic (exact) mass is 219 g/mol. The molecule has 0 radical (unpaired) electrons. The van der Waals surface area contributed by atoms with Crippen molar-refractivity contribution < 1.29 is 14.7 Å². The molecule has 0 bridgehead atoms. The molecule has 4 heteroatoms. The molecule has 2 rings (SSSR count). The second-order valence-electron chi connectivity index (χ2n) is 3.95. The number of carbonyl (C=O) groups excluding carboxylic acids is 2. The summed E-state index contributed by atoms with van der Waals surface area (Å²) in [7, 11) is 0. The van der Waals surface area contributed by atoms with E-state index in [4.69, 9.17) is 0 Å².